The van der Waals surface area contributed by atoms with Crippen LogP contribution in [0.15, 0.2) is 42.5 Å². The van der Waals surface area contributed by atoms with E-state index in [1.54, 1.807) is 0 Å². The molecular weight excluding hydrogens is 530 g/mol. The summed E-state index contributed by atoms with van der Waals surface area (Å²) in [5.41, 5.74) is -4.29. The van der Waals surface area contributed by atoms with Crippen LogP contribution in [0, 0.1) is 10.1 Å². The fourth-order valence-electron chi connectivity index (χ4n) is 3.54. The van der Waals surface area contributed by atoms with Gasteiger partial charge in [0.2, 0.25) is 5.91 Å². The van der Waals surface area contributed by atoms with Crippen molar-refractivity contribution in [2.45, 2.75) is 44.1 Å². The number of carbonyl (C=O) groups excluding carboxylic acids is 2. The zero-order valence-corrected chi connectivity index (χ0v) is 19.4. The Morgan fingerprint density at radius 3 is 1.95 bits per heavy atom. The fourth-order valence-corrected chi connectivity index (χ4v) is 3.54. The van der Waals surface area contributed by atoms with Gasteiger partial charge in [-0.05, 0) is 36.2 Å². The maximum atomic E-state index is 13.1. The van der Waals surface area contributed by atoms with E-state index in [-0.39, 0.29) is 23.9 Å². The number of aliphatic carboxylic acids is 1. The highest BCUT2D eigenvalue weighted by Gasteiger charge is 2.38. The van der Waals surface area contributed by atoms with Gasteiger partial charge in [0.25, 0.3) is 5.69 Å². The molecule has 0 fully saturated rings. The Hall–Kier alpha value is -4.17. The Morgan fingerprint density at radius 1 is 1.00 bits per heavy atom. The van der Waals surface area contributed by atoms with Crippen LogP contribution in [-0.4, -0.2) is 40.5 Å². The molecule has 0 aliphatic rings. The molecule has 2 aromatic rings. The number of carboxylic acid groups (broad SMARTS) is 1. The Balaban J connectivity index is 2.41. The summed E-state index contributed by atoms with van der Waals surface area (Å²) >= 11 is 0. The van der Waals surface area contributed by atoms with Crippen LogP contribution in [0.25, 0.3) is 0 Å². The highest BCUT2D eigenvalue weighted by molar-refractivity contribution is 5.86. The van der Waals surface area contributed by atoms with E-state index in [1.807, 2.05) is 5.32 Å². The number of halogens is 6. The first-order valence-electron chi connectivity index (χ1n) is 10.7. The number of hydrogen-bond acceptors (Lipinski definition) is 6. The third-order valence-electron chi connectivity index (χ3n) is 5.22. The van der Waals surface area contributed by atoms with Crippen LogP contribution in [0.5, 0.6) is 0 Å². The smallest absolute Gasteiger partial charge is 0.416 e. The quantitative estimate of drug-likeness (QED) is 0.193. The van der Waals surface area contributed by atoms with Gasteiger partial charge in [-0.15, -0.1) is 0 Å². The van der Waals surface area contributed by atoms with Gasteiger partial charge in [-0.3, -0.25) is 19.7 Å². The highest BCUT2D eigenvalue weighted by Crippen LogP contribution is 2.36. The summed E-state index contributed by atoms with van der Waals surface area (Å²) in [6.07, 6.45) is -12.0. The average molecular weight is 550 g/mol. The van der Waals surface area contributed by atoms with E-state index < -0.39 is 76.6 Å². The zero-order chi connectivity index (χ0) is 28.8. The summed E-state index contributed by atoms with van der Waals surface area (Å²) < 4.78 is 83.5. The summed E-state index contributed by atoms with van der Waals surface area (Å²) in [5, 5.41) is 22.7. The number of nitro groups is 1. The van der Waals surface area contributed by atoms with Crippen LogP contribution < -0.4 is 5.32 Å². The molecule has 0 saturated heterocycles. The molecule has 0 saturated carbocycles. The van der Waals surface area contributed by atoms with Gasteiger partial charge in [0.1, 0.15) is 6.04 Å². The molecule has 0 aromatic heterocycles. The van der Waals surface area contributed by atoms with Gasteiger partial charge in [-0.1, -0.05) is 12.1 Å². The van der Waals surface area contributed by atoms with Gasteiger partial charge in [0.05, 0.1) is 35.5 Å². The molecule has 0 spiro atoms. The minimum Gasteiger partial charge on any atom is -0.480 e. The molecule has 1 amide bonds. The monoisotopic (exact) mass is 550 g/mol. The Kier molecular flexibility index (Phi) is 9.43. The molecule has 0 bridgehead atoms. The average Bonchev–Trinajstić information content (AvgIpc) is 2.80. The lowest BCUT2D eigenvalue weighted by Crippen LogP contribution is -2.46. The second-order valence-corrected chi connectivity index (χ2v) is 7.94. The van der Waals surface area contributed by atoms with E-state index in [2.05, 4.69) is 0 Å². The number of non-ortho nitro benzene ring substituents is 1. The van der Waals surface area contributed by atoms with Crippen molar-refractivity contribution in [3.05, 3.63) is 74.8 Å². The Labute approximate surface area is 210 Å². The third kappa shape index (κ3) is 8.18. The van der Waals surface area contributed by atoms with E-state index in [0.717, 1.165) is 24.3 Å². The van der Waals surface area contributed by atoms with Crippen molar-refractivity contribution < 1.29 is 55.5 Å². The lowest BCUT2D eigenvalue weighted by molar-refractivity contribution is -0.384. The minimum absolute atomic E-state index is 0.0646. The Bertz CT molecular complexity index is 1160. The standard InChI is InChI=1S/C23H20F6N2O7/c1-2-38-19(33)11-17(13-3-5-16(6-4-13)31(36)37)20(21(34)35)30-18(32)9-12-7-14(22(24,25)26)10-15(8-12)23(27,28)29/h3-8,10,17,20H,2,9,11H2,1H3,(H,30,32)(H,34,35)/t17-,20-/m0/s1. The predicted octanol–water partition coefficient (Wildman–Crippen LogP) is 4.48. The lowest BCUT2D eigenvalue weighted by Gasteiger charge is -2.25. The molecule has 0 heterocycles. The molecule has 2 N–H and O–H groups in total. The normalized spacial score (nSPS) is 13.3. The molecule has 0 radical (unpaired) electrons. The van der Waals surface area contributed by atoms with Crippen molar-refractivity contribution in [3.63, 3.8) is 0 Å². The molecule has 0 aliphatic heterocycles. The number of benzene rings is 2. The zero-order valence-electron chi connectivity index (χ0n) is 19.4. The van der Waals surface area contributed by atoms with Crippen molar-refractivity contribution >= 4 is 23.5 Å². The number of rotatable bonds is 10. The molecule has 2 atom stereocenters. The molecule has 2 rings (SSSR count). The van der Waals surface area contributed by atoms with Crippen LogP contribution in [-0.2, 0) is 37.9 Å². The number of hydrogen-bond donors (Lipinski definition) is 2. The topological polar surface area (TPSA) is 136 Å². The minimum atomic E-state index is -5.16. The van der Waals surface area contributed by atoms with E-state index in [1.165, 1.54) is 6.92 Å². The molecule has 2 aromatic carbocycles. The van der Waals surface area contributed by atoms with E-state index in [0.29, 0.717) is 12.1 Å². The highest BCUT2D eigenvalue weighted by atomic mass is 19.4. The summed E-state index contributed by atoms with van der Waals surface area (Å²) in [7, 11) is 0. The van der Waals surface area contributed by atoms with Crippen LogP contribution in [0.3, 0.4) is 0 Å². The summed E-state index contributed by atoms with van der Waals surface area (Å²) in [6.45, 7) is 1.40. The fraction of sp³-hybridized carbons (Fsp3) is 0.348. The van der Waals surface area contributed by atoms with Gasteiger partial charge in [-0.2, -0.15) is 26.3 Å². The van der Waals surface area contributed by atoms with Gasteiger partial charge < -0.3 is 15.2 Å². The van der Waals surface area contributed by atoms with E-state index in [9.17, 15) is 55.9 Å². The van der Waals surface area contributed by atoms with Crippen molar-refractivity contribution in [2.75, 3.05) is 6.61 Å². The van der Waals surface area contributed by atoms with Crippen LogP contribution in [0.2, 0.25) is 0 Å². The number of alkyl halides is 6. The predicted molar refractivity (Wildman–Crippen MR) is 117 cm³/mol. The number of nitrogens with one attached hydrogen (secondary N) is 1. The number of ether oxygens (including phenoxy) is 1. The van der Waals surface area contributed by atoms with Crippen LogP contribution in [0.1, 0.15) is 41.5 Å². The van der Waals surface area contributed by atoms with Gasteiger partial charge >= 0.3 is 24.3 Å². The van der Waals surface area contributed by atoms with Crippen LogP contribution >= 0.6 is 0 Å². The molecule has 0 unspecified atom stereocenters. The molecule has 38 heavy (non-hydrogen) atoms. The number of carboxylic acids is 1. The Morgan fingerprint density at radius 2 is 1.53 bits per heavy atom. The first-order chi connectivity index (χ1) is 17.5. The van der Waals surface area contributed by atoms with Gasteiger partial charge in [0, 0.05) is 18.1 Å². The molecule has 206 valence electrons. The van der Waals surface area contributed by atoms with E-state index in [4.69, 9.17) is 4.74 Å². The summed E-state index contributed by atoms with van der Waals surface area (Å²) in [6, 6.07) is 2.98. The number of carbonyl (C=O) groups is 3. The number of esters is 1. The molecule has 0 aliphatic carbocycles. The molecule has 15 heteroatoms. The number of nitrogens with zero attached hydrogens (tertiary/aromatic N) is 1. The van der Waals surface area contributed by atoms with E-state index >= 15 is 0 Å². The SMILES string of the molecule is CCOC(=O)C[C@@H](c1ccc([N+](=O)[O-])cc1)[C@H](NC(=O)Cc1cc(C(F)(F)F)cc(C(F)(F)F)c1)C(=O)O. The van der Waals surface area contributed by atoms with Gasteiger partial charge in [-0.25, -0.2) is 4.79 Å². The largest absolute Gasteiger partial charge is 0.480 e. The van der Waals surface area contributed by atoms with Crippen molar-refractivity contribution in [2.24, 2.45) is 0 Å². The maximum Gasteiger partial charge on any atom is 0.416 e. The van der Waals surface area contributed by atoms with Gasteiger partial charge in [0.15, 0.2) is 0 Å². The first kappa shape index (κ1) is 30.1. The second-order valence-electron chi connectivity index (χ2n) is 7.94. The maximum absolute atomic E-state index is 13.1. The van der Waals surface area contributed by atoms with Crippen LogP contribution in [0.4, 0.5) is 32.0 Å². The van der Waals surface area contributed by atoms with Crippen molar-refractivity contribution in [3.8, 4) is 0 Å². The molecule has 9 nitrogen and oxygen atoms in total. The number of amides is 1. The lowest BCUT2D eigenvalue weighted by atomic mass is 9.88. The third-order valence-corrected chi connectivity index (χ3v) is 5.22. The van der Waals surface area contributed by atoms with Crippen molar-refractivity contribution in [1.29, 1.82) is 0 Å². The second kappa shape index (κ2) is 11.9. The summed E-state index contributed by atoms with van der Waals surface area (Å²) in [5.74, 6) is -5.18. The first-order valence-corrected chi connectivity index (χ1v) is 10.7. The summed E-state index contributed by atoms with van der Waals surface area (Å²) in [4.78, 5) is 46.9. The molecular formula is C23H20F6N2O7. The number of nitro benzene ring substituents is 1. The van der Waals surface area contributed by atoms with Crippen molar-refractivity contribution in [1.82, 2.24) is 5.32 Å².